The molecule has 0 unspecified atom stereocenters. The van der Waals surface area contributed by atoms with Gasteiger partial charge in [0.1, 0.15) is 17.5 Å². The van der Waals surface area contributed by atoms with E-state index in [0.29, 0.717) is 18.6 Å². The summed E-state index contributed by atoms with van der Waals surface area (Å²) in [5.74, 6) is 0.0402. The smallest absolute Gasteiger partial charge is 0.243 e. The molecule has 1 aliphatic carbocycles. The molecular weight excluding hydrogens is 519 g/mol. The zero-order chi connectivity index (χ0) is 28.5. The average molecular weight is 561 g/mol. The number of likely N-dealkylation sites (tertiary alicyclic amines) is 1. The Hall–Kier alpha value is -2.56. The molecule has 10 heteroatoms. The number of alkyl halides is 1. The summed E-state index contributed by atoms with van der Waals surface area (Å²) < 4.78 is 20.4. The van der Waals surface area contributed by atoms with Gasteiger partial charge in [0.2, 0.25) is 11.8 Å². The van der Waals surface area contributed by atoms with E-state index in [1.165, 1.54) is 4.90 Å². The minimum atomic E-state index is -1.25. The molecule has 1 saturated carbocycles. The molecule has 4 rings (SSSR count). The second-order valence-electron chi connectivity index (χ2n) is 12.2. The molecule has 1 aromatic heterocycles. The molecule has 214 valence electrons. The van der Waals surface area contributed by atoms with Crippen LogP contribution in [0.25, 0.3) is 10.4 Å². The Labute approximate surface area is 234 Å². The number of carbonyl (C=O) groups excluding carboxylic acids is 2. The average Bonchev–Trinajstić information content (AvgIpc) is 3.22. The van der Waals surface area contributed by atoms with E-state index in [0.717, 1.165) is 21.7 Å². The van der Waals surface area contributed by atoms with Gasteiger partial charge in [-0.1, -0.05) is 32.9 Å². The lowest BCUT2D eigenvalue weighted by molar-refractivity contribution is -0.142. The number of aliphatic hydroxyl groups excluding tert-OH is 1. The number of aliphatic hydroxyl groups is 1. The summed E-state index contributed by atoms with van der Waals surface area (Å²) >= 11 is 1.56. The van der Waals surface area contributed by atoms with Crippen LogP contribution in [-0.2, 0) is 16.1 Å². The van der Waals surface area contributed by atoms with Crippen molar-refractivity contribution in [2.24, 2.45) is 5.41 Å². The fourth-order valence-corrected chi connectivity index (χ4v) is 5.72. The zero-order valence-electron chi connectivity index (χ0n) is 23.7. The van der Waals surface area contributed by atoms with E-state index in [9.17, 15) is 19.1 Å². The summed E-state index contributed by atoms with van der Waals surface area (Å²) in [4.78, 5) is 33.9. The van der Waals surface area contributed by atoms with Crippen molar-refractivity contribution in [2.75, 3.05) is 13.1 Å². The lowest BCUT2D eigenvalue weighted by Crippen LogP contribution is -2.57. The van der Waals surface area contributed by atoms with E-state index in [2.05, 4.69) is 15.6 Å². The Kier molecular flexibility index (Phi) is 8.68. The number of amides is 2. The van der Waals surface area contributed by atoms with Crippen molar-refractivity contribution in [2.45, 2.75) is 97.3 Å². The molecule has 8 nitrogen and oxygen atoms in total. The molecule has 3 N–H and O–H groups in total. The summed E-state index contributed by atoms with van der Waals surface area (Å²) in [6, 6.07) is 4.40. The number of rotatable bonds is 10. The SMILES string of the molecule is Cc1ncsc1-c1ccc(CNC(=O)[C@@H]2C[C@@H](O)CN2C(=O)[C@@H](NCC2(F)CC2)C(C)(C)C)c(OC(C)C)c1. The van der Waals surface area contributed by atoms with E-state index in [1.54, 1.807) is 11.3 Å². The molecule has 3 atom stereocenters. The highest BCUT2D eigenvalue weighted by Gasteiger charge is 2.47. The summed E-state index contributed by atoms with van der Waals surface area (Å²) in [5, 5.41) is 16.5. The molecule has 0 spiro atoms. The number of ether oxygens (including phenoxy) is 1. The first-order chi connectivity index (χ1) is 18.3. The van der Waals surface area contributed by atoms with Gasteiger partial charge in [0, 0.05) is 31.6 Å². The zero-order valence-corrected chi connectivity index (χ0v) is 24.5. The van der Waals surface area contributed by atoms with Crippen LogP contribution in [-0.4, -0.2) is 69.9 Å². The van der Waals surface area contributed by atoms with Crippen LogP contribution in [0.3, 0.4) is 0 Å². The second kappa shape index (κ2) is 11.5. The number of aryl methyl sites for hydroxylation is 1. The number of hydrogen-bond donors (Lipinski definition) is 3. The van der Waals surface area contributed by atoms with E-state index in [1.807, 2.05) is 65.3 Å². The van der Waals surface area contributed by atoms with E-state index >= 15 is 0 Å². The van der Waals surface area contributed by atoms with Crippen molar-refractivity contribution in [3.05, 3.63) is 35.0 Å². The van der Waals surface area contributed by atoms with Gasteiger partial charge in [0.25, 0.3) is 0 Å². The number of carbonyl (C=O) groups is 2. The number of nitrogens with zero attached hydrogens (tertiary/aromatic N) is 2. The second-order valence-corrected chi connectivity index (χ2v) is 13.1. The molecule has 1 saturated heterocycles. The highest BCUT2D eigenvalue weighted by atomic mass is 32.1. The third-order valence-corrected chi connectivity index (χ3v) is 8.26. The standard InChI is InChI=1S/C29H41FN4O4S/c1-17(2)38-23-11-19(24-18(3)33-16-39-24)7-8-20(23)13-31-26(36)22-12-21(35)14-34(22)27(37)25(28(4,5)6)32-15-29(30)9-10-29/h7-8,11,16-17,21-22,25,32,35H,9-10,12-15H2,1-6H3,(H,31,36)/t21-,22+,25-/m1/s1. The summed E-state index contributed by atoms with van der Waals surface area (Å²) in [6.45, 7) is 12.0. The van der Waals surface area contributed by atoms with Crippen molar-refractivity contribution in [1.29, 1.82) is 0 Å². The van der Waals surface area contributed by atoms with Crippen LogP contribution in [0, 0.1) is 12.3 Å². The van der Waals surface area contributed by atoms with Gasteiger partial charge >= 0.3 is 0 Å². The topological polar surface area (TPSA) is 104 Å². The van der Waals surface area contributed by atoms with Gasteiger partial charge in [0.15, 0.2) is 0 Å². The first kappa shape index (κ1) is 29.4. The van der Waals surface area contributed by atoms with Crippen molar-refractivity contribution < 1.29 is 23.8 Å². The number of nitrogens with one attached hydrogen (secondary N) is 2. The molecule has 0 bridgehead atoms. The van der Waals surface area contributed by atoms with Crippen molar-refractivity contribution >= 4 is 23.2 Å². The molecule has 1 aliphatic heterocycles. The molecule has 2 fully saturated rings. The van der Waals surface area contributed by atoms with Crippen LogP contribution in [0.1, 0.15) is 65.1 Å². The maximum Gasteiger partial charge on any atom is 0.243 e. The molecule has 2 amide bonds. The highest BCUT2D eigenvalue weighted by Crippen LogP contribution is 2.39. The third-order valence-electron chi connectivity index (χ3n) is 7.28. The van der Waals surface area contributed by atoms with Crippen LogP contribution < -0.4 is 15.4 Å². The fourth-order valence-electron chi connectivity index (χ4n) is 4.92. The van der Waals surface area contributed by atoms with Crippen molar-refractivity contribution in [1.82, 2.24) is 20.5 Å². The minimum absolute atomic E-state index is 0.0590. The van der Waals surface area contributed by atoms with Crippen molar-refractivity contribution in [3.8, 4) is 16.2 Å². The molecule has 39 heavy (non-hydrogen) atoms. The van der Waals surface area contributed by atoms with E-state index < -0.39 is 29.3 Å². The minimum Gasteiger partial charge on any atom is -0.491 e. The number of β-amino-alcohol motifs (C(OH)–C–C–N with tert-alkyl or cyclic N) is 1. The number of benzene rings is 1. The Morgan fingerprint density at radius 1 is 1.31 bits per heavy atom. The fraction of sp³-hybridized carbons (Fsp3) is 0.621. The maximum atomic E-state index is 14.3. The summed E-state index contributed by atoms with van der Waals surface area (Å²) in [5.41, 5.74) is 2.81. The van der Waals surface area contributed by atoms with Gasteiger partial charge in [-0.3, -0.25) is 9.59 Å². The molecular formula is C29H41FN4O4S. The van der Waals surface area contributed by atoms with Gasteiger partial charge in [-0.2, -0.15) is 0 Å². The first-order valence-corrected chi connectivity index (χ1v) is 14.5. The first-order valence-electron chi connectivity index (χ1n) is 13.7. The Morgan fingerprint density at radius 2 is 2.03 bits per heavy atom. The Balaban J connectivity index is 1.48. The number of aromatic nitrogens is 1. The van der Waals surface area contributed by atoms with Gasteiger partial charge in [0.05, 0.1) is 34.3 Å². The normalized spacial score (nSPS) is 21.2. The molecule has 2 aliphatic rings. The number of thiazole rings is 1. The summed E-state index contributed by atoms with van der Waals surface area (Å²) in [7, 11) is 0. The predicted octanol–water partition coefficient (Wildman–Crippen LogP) is 3.99. The maximum absolute atomic E-state index is 14.3. The largest absolute Gasteiger partial charge is 0.491 e. The van der Waals surface area contributed by atoms with Gasteiger partial charge < -0.3 is 25.4 Å². The molecule has 2 aromatic rings. The highest BCUT2D eigenvalue weighted by molar-refractivity contribution is 7.13. The van der Waals surface area contributed by atoms with Crippen LogP contribution in [0.2, 0.25) is 0 Å². The van der Waals surface area contributed by atoms with E-state index in [-0.39, 0.29) is 44.0 Å². The third kappa shape index (κ3) is 7.15. The quantitative estimate of drug-likeness (QED) is 0.406. The predicted molar refractivity (Wildman–Crippen MR) is 150 cm³/mol. The van der Waals surface area contributed by atoms with Crippen LogP contribution in [0.5, 0.6) is 5.75 Å². The van der Waals surface area contributed by atoms with E-state index in [4.69, 9.17) is 4.74 Å². The monoisotopic (exact) mass is 560 g/mol. The number of hydrogen-bond acceptors (Lipinski definition) is 7. The number of halogens is 1. The van der Waals surface area contributed by atoms with Gasteiger partial charge in [-0.25, -0.2) is 9.37 Å². The van der Waals surface area contributed by atoms with Gasteiger partial charge in [-0.05, 0) is 50.7 Å². The molecule has 2 heterocycles. The lowest BCUT2D eigenvalue weighted by atomic mass is 9.85. The summed E-state index contributed by atoms with van der Waals surface area (Å²) in [6.07, 6.45) is 0.275. The Morgan fingerprint density at radius 3 is 2.62 bits per heavy atom. The van der Waals surface area contributed by atoms with Crippen LogP contribution >= 0.6 is 11.3 Å². The Bertz CT molecular complexity index is 1190. The van der Waals surface area contributed by atoms with Crippen LogP contribution in [0.15, 0.2) is 23.7 Å². The molecule has 0 radical (unpaired) electrons. The lowest BCUT2D eigenvalue weighted by Gasteiger charge is -2.36. The van der Waals surface area contributed by atoms with Crippen LogP contribution in [0.4, 0.5) is 4.39 Å². The van der Waals surface area contributed by atoms with Crippen molar-refractivity contribution in [3.63, 3.8) is 0 Å². The molecule has 1 aromatic carbocycles. The van der Waals surface area contributed by atoms with Gasteiger partial charge in [-0.15, -0.1) is 11.3 Å².